The van der Waals surface area contributed by atoms with E-state index in [1.54, 1.807) is 29.5 Å². The fourth-order valence-corrected chi connectivity index (χ4v) is 2.78. The van der Waals surface area contributed by atoms with Crippen molar-refractivity contribution in [3.05, 3.63) is 52.7 Å². The summed E-state index contributed by atoms with van der Waals surface area (Å²) in [7, 11) is 0. The van der Waals surface area contributed by atoms with E-state index in [9.17, 15) is 4.39 Å². The van der Waals surface area contributed by atoms with Crippen molar-refractivity contribution in [1.29, 1.82) is 0 Å². The van der Waals surface area contributed by atoms with E-state index >= 15 is 0 Å². The molecule has 2 heterocycles. The van der Waals surface area contributed by atoms with Crippen LogP contribution in [0.15, 0.2) is 41.8 Å². The highest BCUT2D eigenvalue weighted by Crippen LogP contribution is 2.33. The quantitative estimate of drug-likeness (QED) is 0.577. The topological polar surface area (TPSA) is 12.9 Å². The number of rotatable bonds is 1. The van der Waals surface area contributed by atoms with Crippen LogP contribution >= 0.6 is 22.9 Å². The van der Waals surface area contributed by atoms with E-state index in [2.05, 4.69) is 4.98 Å². The van der Waals surface area contributed by atoms with Crippen molar-refractivity contribution < 1.29 is 4.39 Å². The number of aromatic nitrogens is 1. The van der Waals surface area contributed by atoms with E-state index in [0.717, 1.165) is 21.3 Å². The third-order valence-electron chi connectivity index (χ3n) is 2.54. The van der Waals surface area contributed by atoms with Crippen LogP contribution in [-0.2, 0) is 0 Å². The summed E-state index contributed by atoms with van der Waals surface area (Å²) in [6, 6.07) is 10.1. The Morgan fingerprint density at radius 2 is 1.82 bits per heavy atom. The average Bonchev–Trinajstić information content (AvgIpc) is 2.73. The van der Waals surface area contributed by atoms with Gasteiger partial charge >= 0.3 is 0 Å². The van der Waals surface area contributed by atoms with Crippen molar-refractivity contribution in [1.82, 2.24) is 4.98 Å². The van der Waals surface area contributed by atoms with Gasteiger partial charge < -0.3 is 0 Å². The number of thiophene rings is 1. The number of hydrogen-bond donors (Lipinski definition) is 0. The zero-order chi connectivity index (χ0) is 11.8. The first-order chi connectivity index (χ1) is 8.24. The predicted octanol–water partition coefficient (Wildman–Crippen LogP) is 4.76. The van der Waals surface area contributed by atoms with E-state index < -0.39 is 0 Å². The minimum Gasteiger partial charge on any atom is -0.235 e. The largest absolute Gasteiger partial charge is 0.235 e. The number of nitrogens with zero attached hydrogens (tertiary/aromatic N) is 1. The fourth-order valence-electron chi connectivity index (χ4n) is 1.72. The van der Waals surface area contributed by atoms with Crippen LogP contribution in [0.5, 0.6) is 0 Å². The summed E-state index contributed by atoms with van der Waals surface area (Å²) >= 11 is 7.50. The molecule has 3 rings (SSSR count). The van der Waals surface area contributed by atoms with Crippen LogP contribution in [-0.4, -0.2) is 4.98 Å². The van der Waals surface area contributed by atoms with E-state index in [1.165, 1.54) is 12.1 Å². The lowest BCUT2D eigenvalue weighted by molar-refractivity contribution is 0.628. The summed E-state index contributed by atoms with van der Waals surface area (Å²) in [4.78, 5) is 4.32. The van der Waals surface area contributed by atoms with Gasteiger partial charge in [-0.25, -0.2) is 9.37 Å². The third kappa shape index (κ3) is 1.92. The van der Waals surface area contributed by atoms with Crippen molar-refractivity contribution >= 4 is 33.2 Å². The molecule has 0 spiro atoms. The summed E-state index contributed by atoms with van der Waals surface area (Å²) < 4.78 is 13.9. The zero-order valence-electron chi connectivity index (χ0n) is 8.65. The predicted molar refractivity (Wildman–Crippen MR) is 70.0 cm³/mol. The van der Waals surface area contributed by atoms with Gasteiger partial charge in [-0.3, -0.25) is 0 Å². The lowest BCUT2D eigenvalue weighted by Crippen LogP contribution is -1.80. The first-order valence-electron chi connectivity index (χ1n) is 5.04. The highest BCUT2D eigenvalue weighted by atomic mass is 35.5. The molecule has 0 aliphatic heterocycles. The fraction of sp³-hybridized carbons (Fsp3) is 0. The Balaban J connectivity index is 2.23. The van der Waals surface area contributed by atoms with Gasteiger partial charge in [0.2, 0.25) is 0 Å². The third-order valence-corrected chi connectivity index (χ3v) is 3.69. The van der Waals surface area contributed by atoms with Crippen molar-refractivity contribution in [2.24, 2.45) is 0 Å². The van der Waals surface area contributed by atoms with Crippen molar-refractivity contribution in [3.8, 4) is 11.1 Å². The Kier molecular flexibility index (Phi) is 2.57. The van der Waals surface area contributed by atoms with Gasteiger partial charge in [0.15, 0.2) is 0 Å². The van der Waals surface area contributed by atoms with Gasteiger partial charge in [0, 0.05) is 10.9 Å². The minimum absolute atomic E-state index is 0.237. The van der Waals surface area contributed by atoms with Gasteiger partial charge in [0.25, 0.3) is 0 Å². The van der Waals surface area contributed by atoms with Gasteiger partial charge in [0.05, 0.1) is 10.2 Å². The zero-order valence-corrected chi connectivity index (χ0v) is 10.2. The lowest BCUT2D eigenvalue weighted by Gasteiger charge is -1.99. The molecular weight excluding hydrogens is 257 g/mol. The highest BCUT2D eigenvalue weighted by Gasteiger charge is 2.08. The second-order valence-corrected chi connectivity index (χ2v) is 4.94. The van der Waals surface area contributed by atoms with Crippen LogP contribution in [0, 0.1) is 5.82 Å². The molecule has 0 bridgehead atoms. The molecule has 0 unspecified atom stereocenters. The SMILES string of the molecule is Fc1ccc(-c2csc3ccc(Cl)nc23)cc1. The molecule has 0 atom stereocenters. The van der Waals surface area contributed by atoms with Crippen LogP contribution in [0.1, 0.15) is 0 Å². The second kappa shape index (κ2) is 4.09. The van der Waals surface area contributed by atoms with Crippen molar-refractivity contribution in [2.75, 3.05) is 0 Å². The number of hydrogen-bond acceptors (Lipinski definition) is 2. The van der Waals surface area contributed by atoms with E-state index in [0.29, 0.717) is 5.15 Å². The second-order valence-electron chi connectivity index (χ2n) is 3.64. The van der Waals surface area contributed by atoms with Crippen LogP contribution in [0.25, 0.3) is 21.3 Å². The Bertz CT molecular complexity index is 675. The number of halogens is 2. The first kappa shape index (κ1) is 10.7. The van der Waals surface area contributed by atoms with Crippen LogP contribution < -0.4 is 0 Å². The lowest BCUT2D eigenvalue weighted by atomic mass is 10.1. The van der Waals surface area contributed by atoms with Gasteiger partial charge in [-0.05, 0) is 29.8 Å². The summed E-state index contributed by atoms with van der Waals surface area (Å²) in [5, 5.41) is 2.49. The molecule has 1 nitrogen and oxygen atoms in total. The minimum atomic E-state index is -0.237. The van der Waals surface area contributed by atoms with E-state index in [1.807, 2.05) is 11.4 Å². The molecule has 0 fully saturated rings. The molecule has 0 aliphatic rings. The summed E-state index contributed by atoms with van der Waals surface area (Å²) in [5.74, 6) is -0.237. The van der Waals surface area contributed by atoms with Crippen LogP contribution in [0.2, 0.25) is 5.15 Å². The van der Waals surface area contributed by atoms with Crippen molar-refractivity contribution in [3.63, 3.8) is 0 Å². The Morgan fingerprint density at radius 3 is 2.59 bits per heavy atom. The maximum Gasteiger partial charge on any atom is 0.129 e. The molecule has 4 heteroatoms. The number of pyridine rings is 1. The molecule has 0 aliphatic carbocycles. The van der Waals surface area contributed by atoms with Crippen molar-refractivity contribution in [2.45, 2.75) is 0 Å². The van der Waals surface area contributed by atoms with E-state index in [-0.39, 0.29) is 5.82 Å². The molecule has 1 aromatic carbocycles. The maximum atomic E-state index is 12.9. The standard InChI is InChI=1S/C13H7ClFNS/c14-12-6-5-11-13(16-12)10(7-17-11)8-1-3-9(15)4-2-8/h1-7H. The molecule has 0 saturated heterocycles. The molecule has 0 radical (unpaired) electrons. The Morgan fingerprint density at radius 1 is 1.06 bits per heavy atom. The van der Waals surface area contributed by atoms with Crippen LogP contribution in [0.3, 0.4) is 0 Å². The molecule has 0 amide bonds. The molecule has 2 aromatic heterocycles. The first-order valence-corrected chi connectivity index (χ1v) is 6.29. The molecule has 0 saturated carbocycles. The molecule has 17 heavy (non-hydrogen) atoms. The monoisotopic (exact) mass is 263 g/mol. The molecule has 84 valence electrons. The average molecular weight is 264 g/mol. The summed E-state index contributed by atoms with van der Waals surface area (Å²) in [5.41, 5.74) is 2.81. The smallest absolute Gasteiger partial charge is 0.129 e. The Hall–Kier alpha value is -1.45. The normalized spacial score (nSPS) is 10.9. The maximum absolute atomic E-state index is 12.9. The van der Waals surface area contributed by atoms with Gasteiger partial charge in [-0.1, -0.05) is 23.7 Å². The van der Waals surface area contributed by atoms with Crippen LogP contribution in [0.4, 0.5) is 4.39 Å². The van der Waals surface area contributed by atoms with Gasteiger partial charge in [0.1, 0.15) is 11.0 Å². The highest BCUT2D eigenvalue weighted by molar-refractivity contribution is 7.17. The Labute approximate surface area is 106 Å². The van der Waals surface area contributed by atoms with Gasteiger partial charge in [-0.2, -0.15) is 0 Å². The summed E-state index contributed by atoms with van der Waals surface area (Å²) in [6.45, 7) is 0. The van der Waals surface area contributed by atoms with Gasteiger partial charge in [-0.15, -0.1) is 11.3 Å². The number of fused-ring (bicyclic) bond motifs is 1. The number of benzene rings is 1. The molecule has 3 aromatic rings. The molecular formula is C13H7ClFNS. The molecule has 0 N–H and O–H groups in total. The summed E-state index contributed by atoms with van der Waals surface area (Å²) in [6.07, 6.45) is 0. The van der Waals surface area contributed by atoms with E-state index in [4.69, 9.17) is 11.6 Å².